The number of halogens is 2. The zero-order chi connectivity index (χ0) is 24.9. The Balaban J connectivity index is 0.000000202. The minimum atomic E-state index is -3.12. The van der Waals surface area contributed by atoms with Gasteiger partial charge >= 0.3 is 7.60 Å². The molecule has 5 nitrogen and oxygen atoms in total. The van der Waals surface area contributed by atoms with Crippen molar-refractivity contribution in [3.05, 3.63) is 60.7 Å². The van der Waals surface area contributed by atoms with Crippen LogP contribution in [-0.2, 0) is 18.2 Å². The van der Waals surface area contributed by atoms with Crippen molar-refractivity contribution in [1.82, 2.24) is 0 Å². The largest absolute Gasteiger partial charge is 0.393 e. The first-order chi connectivity index (χ1) is 16.2. The van der Waals surface area contributed by atoms with E-state index in [4.69, 9.17) is 36.6 Å². The third-order valence-electron chi connectivity index (χ3n) is 5.78. The molecule has 0 heterocycles. The van der Waals surface area contributed by atoms with Gasteiger partial charge < -0.3 is 14.2 Å². The van der Waals surface area contributed by atoms with Crippen LogP contribution in [0, 0.1) is 0 Å². The molecule has 2 aliphatic rings. The van der Waals surface area contributed by atoms with Crippen LogP contribution < -0.4 is 10.6 Å². The maximum absolute atomic E-state index is 12.6. The highest BCUT2D eigenvalue weighted by Crippen LogP contribution is 2.55. The van der Waals surface area contributed by atoms with Crippen molar-refractivity contribution in [3.8, 4) is 0 Å². The molecule has 0 spiro atoms. The van der Waals surface area contributed by atoms with Crippen molar-refractivity contribution < 1.29 is 23.3 Å². The van der Waals surface area contributed by atoms with Crippen molar-refractivity contribution >= 4 is 46.5 Å². The molecule has 1 unspecified atom stereocenters. The van der Waals surface area contributed by atoms with E-state index in [2.05, 4.69) is 0 Å². The highest BCUT2D eigenvalue weighted by Gasteiger charge is 2.30. The Labute approximate surface area is 213 Å². The summed E-state index contributed by atoms with van der Waals surface area (Å²) in [6.07, 6.45) is 11.5. The summed E-state index contributed by atoms with van der Waals surface area (Å²) >= 11 is 10.8. The van der Waals surface area contributed by atoms with Gasteiger partial charge in [-0.3, -0.25) is 9.13 Å². The van der Waals surface area contributed by atoms with Gasteiger partial charge in [0, 0.05) is 12.4 Å². The standard InChI is InChI=1S/C13H19O3P.C6H5Cl2OP.C6H12O/c1-15-17(14,13-10-6-3-7-11-13)16-12-8-4-2-5-9-12;7-10(8,9)6-4-2-1-3-5-6;7-6-4-2-1-3-5-6/h3,6-7,10-12H,2,4-5,8-9H2,1H3;1-5H;6-7H,1-5H2. The van der Waals surface area contributed by atoms with E-state index in [1.165, 1.54) is 32.8 Å². The van der Waals surface area contributed by atoms with Crippen LogP contribution in [0.5, 0.6) is 0 Å². The van der Waals surface area contributed by atoms with E-state index in [0.717, 1.165) is 38.5 Å². The van der Waals surface area contributed by atoms with Crippen LogP contribution in [0.25, 0.3) is 0 Å². The van der Waals surface area contributed by atoms with Crippen molar-refractivity contribution in [2.45, 2.75) is 76.4 Å². The van der Waals surface area contributed by atoms with E-state index in [-0.39, 0.29) is 12.2 Å². The second kappa shape index (κ2) is 15.5. The van der Waals surface area contributed by atoms with E-state index in [9.17, 15) is 9.13 Å². The van der Waals surface area contributed by atoms with Crippen LogP contribution in [0.3, 0.4) is 0 Å². The van der Waals surface area contributed by atoms with E-state index in [0.29, 0.717) is 10.6 Å². The highest BCUT2D eigenvalue weighted by molar-refractivity contribution is 8.13. The van der Waals surface area contributed by atoms with Crippen molar-refractivity contribution in [2.75, 3.05) is 7.11 Å². The number of hydrogen-bond donors (Lipinski definition) is 1. The lowest BCUT2D eigenvalue weighted by Crippen LogP contribution is -2.19. The van der Waals surface area contributed by atoms with Gasteiger partial charge in [0.2, 0.25) is 0 Å². The SMILES string of the molecule is COP(=O)(OC1CCCCC1)c1ccccc1.O=P(Cl)(Cl)c1ccccc1.OC1CCCCC1. The summed E-state index contributed by atoms with van der Waals surface area (Å²) in [7, 11) is -1.67. The maximum atomic E-state index is 12.6. The van der Waals surface area contributed by atoms with Gasteiger partial charge in [0.25, 0.3) is 5.85 Å². The first-order valence-electron chi connectivity index (χ1n) is 11.9. The van der Waals surface area contributed by atoms with Crippen LogP contribution in [0.1, 0.15) is 64.2 Å². The smallest absolute Gasteiger partial charge is 0.361 e. The summed E-state index contributed by atoms with van der Waals surface area (Å²) in [5, 5.41) is 10.0. The van der Waals surface area contributed by atoms with Gasteiger partial charge in [0.05, 0.1) is 17.5 Å². The van der Waals surface area contributed by atoms with Gasteiger partial charge in [-0.05, 0) is 72.4 Å². The summed E-state index contributed by atoms with van der Waals surface area (Å²) in [5.74, 6) is -3.07. The third-order valence-corrected chi connectivity index (χ3v) is 9.84. The summed E-state index contributed by atoms with van der Waals surface area (Å²) in [4.78, 5) is 0. The molecule has 0 aromatic heterocycles. The number of aliphatic hydroxyl groups excluding tert-OH is 1. The molecule has 2 aromatic carbocycles. The molecular formula is C25H36Cl2O5P2. The molecule has 34 heavy (non-hydrogen) atoms. The first-order valence-corrected chi connectivity index (χ1v) is 16.9. The molecule has 1 N–H and O–H groups in total. The molecule has 0 amide bonds. The molecule has 0 aliphatic heterocycles. The third kappa shape index (κ3) is 11.0. The maximum Gasteiger partial charge on any atom is 0.361 e. The summed E-state index contributed by atoms with van der Waals surface area (Å²) in [5.41, 5.74) is 0. The monoisotopic (exact) mass is 548 g/mol. The Bertz CT molecular complexity index is 896. The summed E-state index contributed by atoms with van der Waals surface area (Å²) in [6, 6.07) is 17.8. The fourth-order valence-electron chi connectivity index (χ4n) is 3.87. The molecule has 0 bridgehead atoms. The highest BCUT2D eigenvalue weighted by atomic mass is 35.9. The van der Waals surface area contributed by atoms with Gasteiger partial charge in [-0.2, -0.15) is 0 Å². The summed E-state index contributed by atoms with van der Waals surface area (Å²) in [6.45, 7) is 0. The zero-order valence-electron chi connectivity index (χ0n) is 19.7. The van der Waals surface area contributed by atoms with Crippen molar-refractivity contribution in [1.29, 1.82) is 0 Å². The average molecular weight is 549 g/mol. The van der Waals surface area contributed by atoms with Crippen LogP contribution in [0.4, 0.5) is 0 Å². The molecule has 190 valence electrons. The van der Waals surface area contributed by atoms with Gasteiger partial charge in [0.1, 0.15) is 0 Å². The van der Waals surface area contributed by atoms with Gasteiger partial charge in [0.15, 0.2) is 0 Å². The van der Waals surface area contributed by atoms with Gasteiger partial charge in [-0.15, -0.1) is 0 Å². The molecular weight excluding hydrogens is 513 g/mol. The van der Waals surface area contributed by atoms with Crippen LogP contribution >= 0.6 is 35.9 Å². The molecule has 0 saturated heterocycles. The number of benzene rings is 2. The molecule has 0 radical (unpaired) electrons. The molecule has 9 heteroatoms. The molecule has 4 rings (SSSR count). The van der Waals surface area contributed by atoms with Crippen LogP contribution in [0.15, 0.2) is 60.7 Å². The van der Waals surface area contributed by atoms with Crippen molar-refractivity contribution in [3.63, 3.8) is 0 Å². The molecule has 2 aromatic rings. The topological polar surface area (TPSA) is 72.8 Å². The van der Waals surface area contributed by atoms with Crippen LogP contribution in [0.2, 0.25) is 0 Å². The Hall–Kier alpha value is -0.640. The van der Waals surface area contributed by atoms with E-state index >= 15 is 0 Å². The predicted octanol–water partition coefficient (Wildman–Crippen LogP) is 7.79. The lowest BCUT2D eigenvalue weighted by molar-refractivity contribution is 0.130. The second-order valence-corrected chi connectivity index (χ2v) is 15.4. The number of hydrogen-bond acceptors (Lipinski definition) is 5. The predicted molar refractivity (Wildman–Crippen MR) is 143 cm³/mol. The zero-order valence-corrected chi connectivity index (χ0v) is 23.0. The van der Waals surface area contributed by atoms with Gasteiger partial charge in [-0.25, -0.2) is 0 Å². The number of rotatable bonds is 5. The molecule has 2 fully saturated rings. The Morgan fingerprint density at radius 2 is 1.18 bits per heavy atom. The quantitative estimate of drug-likeness (QED) is 0.386. The normalized spacial score (nSPS) is 19.1. The van der Waals surface area contributed by atoms with Crippen molar-refractivity contribution in [2.24, 2.45) is 0 Å². The van der Waals surface area contributed by atoms with E-state index < -0.39 is 13.4 Å². The second-order valence-electron chi connectivity index (χ2n) is 8.47. The number of aliphatic hydroxyl groups is 1. The Morgan fingerprint density at radius 3 is 1.53 bits per heavy atom. The van der Waals surface area contributed by atoms with E-state index in [1.807, 2.05) is 24.3 Å². The van der Waals surface area contributed by atoms with E-state index in [1.54, 1.807) is 36.4 Å². The first kappa shape index (κ1) is 29.6. The molecule has 2 saturated carbocycles. The Kier molecular flexibility index (Phi) is 13.5. The minimum absolute atomic E-state index is 0.0359. The fourth-order valence-corrected chi connectivity index (χ4v) is 6.62. The minimum Gasteiger partial charge on any atom is -0.393 e. The summed E-state index contributed by atoms with van der Waals surface area (Å²) < 4.78 is 34.5. The van der Waals surface area contributed by atoms with Crippen LogP contribution in [-0.4, -0.2) is 24.4 Å². The lowest BCUT2D eigenvalue weighted by Gasteiger charge is -2.26. The molecule has 1 atom stereocenters. The average Bonchev–Trinajstić information content (AvgIpc) is 2.86. The molecule has 2 aliphatic carbocycles. The fraction of sp³-hybridized carbons (Fsp3) is 0.520. The Morgan fingerprint density at radius 1 is 0.735 bits per heavy atom. The lowest BCUT2D eigenvalue weighted by atomic mass is 9.98. The van der Waals surface area contributed by atoms with Gasteiger partial charge in [-0.1, -0.05) is 74.9 Å².